The first-order valence-electron chi connectivity index (χ1n) is 6.34. The topological polar surface area (TPSA) is 151 Å². The van der Waals surface area contributed by atoms with Gasteiger partial charge in [0.25, 0.3) is 5.69 Å². The monoisotopic (exact) mass is 322 g/mol. The average Bonchev–Trinajstić information content (AvgIpc) is 2.41. The number of non-ortho nitro benzene ring substituents is 1. The lowest BCUT2D eigenvalue weighted by molar-refractivity contribution is -0.384. The van der Waals surface area contributed by atoms with E-state index < -0.39 is 39.9 Å². The van der Waals surface area contributed by atoms with Gasteiger partial charge in [0.2, 0.25) is 5.91 Å². The van der Waals surface area contributed by atoms with E-state index in [9.17, 15) is 29.6 Å². The van der Waals surface area contributed by atoms with E-state index in [1.165, 1.54) is 0 Å². The molecule has 0 saturated heterocycles. The second-order valence-electron chi connectivity index (χ2n) is 4.64. The number of anilines is 1. The molecule has 0 saturated carbocycles. The van der Waals surface area contributed by atoms with E-state index in [0.29, 0.717) is 0 Å². The van der Waals surface area contributed by atoms with Crippen molar-refractivity contribution in [2.24, 2.45) is 10.2 Å². The Labute approximate surface area is 130 Å². The van der Waals surface area contributed by atoms with Crippen molar-refractivity contribution in [2.75, 3.05) is 5.32 Å². The lowest BCUT2D eigenvalue weighted by Crippen LogP contribution is -2.23. The minimum atomic E-state index is -1.36. The number of rotatable bonds is 6. The summed E-state index contributed by atoms with van der Waals surface area (Å²) in [7, 11) is 0. The summed E-state index contributed by atoms with van der Waals surface area (Å²) >= 11 is 0. The highest BCUT2D eigenvalue weighted by Crippen LogP contribution is 2.38. The summed E-state index contributed by atoms with van der Waals surface area (Å²) < 4.78 is 0. The highest BCUT2D eigenvalue weighted by molar-refractivity contribution is 6.04. The molecule has 0 heterocycles. The van der Waals surface area contributed by atoms with Crippen LogP contribution in [0.25, 0.3) is 0 Å². The van der Waals surface area contributed by atoms with Crippen LogP contribution < -0.4 is 5.32 Å². The molecule has 1 amide bonds. The van der Waals surface area contributed by atoms with Gasteiger partial charge in [-0.3, -0.25) is 24.5 Å². The van der Waals surface area contributed by atoms with Gasteiger partial charge in [-0.25, -0.2) is 0 Å². The molecule has 0 aliphatic heterocycles. The Morgan fingerprint density at radius 2 is 1.78 bits per heavy atom. The van der Waals surface area contributed by atoms with E-state index in [1.54, 1.807) is 0 Å². The number of aromatic hydroxyl groups is 1. The minimum Gasteiger partial charge on any atom is -0.504 e. The van der Waals surface area contributed by atoms with Gasteiger partial charge in [-0.15, -0.1) is 0 Å². The maximum atomic E-state index is 11.3. The molecule has 10 heteroatoms. The molecule has 0 radical (unpaired) electrons. The molecule has 10 nitrogen and oxygen atoms in total. The summed E-state index contributed by atoms with van der Waals surface area (Å²) in [5, 5.41) is 30.1. The maximum absolute atomic E-state index is 11.3. The average molecular weight is 322 g/mol. The van der Waals surface area contributed by atoms with Crippen LogP contribution in [0.2, 0.25) is 0 Å². The summed E-state index contributed by atoms with van der Waals surface area (Å²) in [4.78, 5) is 43.8. The normalized spacial score (nSPS) is 10.8. The van der Waals surface area contributed by atoms with Gasteiger partial charge in [0.1, 0.15) is 5.69 Å². The van der Waals surface area contributed by atoms with Crippen molar-refractivity contribution in [1.82, 2.24) is 0 Å². The van der Waals surface area contributed by atoms with Crippen LogP contribution in [0.1, 0.15) is 20.8 Å². The van der Waals surface area contributed by atoms with E-state index in [4.69, 9.17) is 0 Å². The van der Waals surface area contributed by atoms with E-state index in [-0.39, 0.29) is 11.4 Å². The van der Waals surface area contributed by atoms with Gasteiger partial charge in [-0.2, -0.15) is 10.2 Å². The number of azo groups is 1. The fourth-order valence-corrected chi connectivity index (χ4v) is 1.64. The Kier molecular flexibility index (Phi) is 5.60. The number of benzene rings is 1. The number of nitro benzene ring substituents is 1. The minimum absolute atomic E-state index is 0.233. The number of ketones is 2. The number of phenols is 1. The highest BCUT2D eigenvalue weighted by atomic mass is 16.6. The number of hydrogen-bond donors (Lipinski definition) is 2. The molecule has 1 rings (SSSR count). The molecule has 0 spiro atoms. The number of hydrogen-bond acceptors (Lipinski definition) is 8. The molecule has 0 aromatic heterocycles. The van der Waals surface area contributed by atoms with Crippen LogP contribution in [0.3, 0.4) is 0 Å². The van der Waals surface area contributed by atoms with E-state index >= 15 is 0 Å². The Hall–Kier alpha value is -3.17. The molecular formula is C13H14N4O6. The lowest BCUT2D eigenvalue weighted by atomic mass is 10.1. The third-order valence-corrected chi connectivity index (χ3v) is 2.65. The molecule has 1 aromatic carbocycles. The van der Waals surface area contributed by atoms with Gasteiger partial charge < -0.3 is 10.4 Å². The van der Waals surface area contributed by atoms with E-state index in [1.807, 2.05) is 0 Å². The fourth-order valence-electron chi connectivity index (χ4n) is 1.64. The number of phenolic OH excluding ortho intramolecular Hbond substituents is 1. The predicted molar refractivity (Wildman–Crippen MR) is 78.7 cm³/mol. The van der Waals surface area contributed by atoms with Crippen molar-refractivity contribution in [3.63, 3.8) is 0 Å². The molecule has 0 bridgehead atoms. The summed E-state index contributed by atoms with van der Waals surface area (Å²) in [6.07, 6.45) is 0. The van der Waals surface area contributed by atoms with Crippen LogP contribution in [0.4, 0.5) is 17.1 Å². The van der Waals surface area contributed by atoms with Crippen molar-refractivity contribution in [1.29, 1.82) is 0 Å². The zero-order valence-electron chi connectivity index (χ0n) is 12.6. The molecule has 0 fully saturated rings. The van der Waals surface area contributed by atoms with Crippen molar-refractivity contribution in [2.45, 2.75) is 26.8 Å². The van der Waals surface area contributed by atoms with Gasteiger partial charge in [-0.1, -0.05) is 0 Å². The zero-order valence-corrected chi connectivity index (χ0v) is 12.6. The molecule has 23 heavy (non-hydrogen) atoms. The zero-order chi connectivity index (χ0) is 17.7. The Bertz CT molecular complexity index is 699. The smallest absolute Gasteiger partial charge is 0.274 e. The van der Waals surface area contributed by atoms with Crippen LogP contribution >= 0.6 is 0 Å². The van der Waals surface area contributed by atoms with Gasteiger partial charge in [0.15, 0.2) is 23.4 Å². The lowest BCUT2D eigenvalue weighted by Gasteiger charge is -2.08. The number of amides is 1. The van der Waals surface area contributed by atoms with Crippen LogP contribution in [-0.2, 0) is 14.4 Å². The van der Waals surface area contributed by atoms with Crippen molar-refractivity contribution >= 4 is 34.5 Å². The largest absolute Gasteiger partial charge is 0.504 e. The molecule has 1 aromatic rings. The Morgan fingerprint density at radius 1 is 1.22 bits per heavy atom. The summed E-state index contributed by atoms with van der Waals surface area (Å²) in [5.74, 6) is -2.25. The number of nitrogens with zero attached hydrogens (tertiary/aromatic N) is 3. The first kappa shape index (κ1) is 17.9. The first-order chi connectivity index (χ1) is 10.6. The van der Waals surface area contributed by atoms with Crippen molar-refractivity contribution in [3.8, 4) is 5.75 Å². The van der Waals surface area contributed by atoms with E-state index in [2.05, 4.69) is 15.5 Å². The van der Waals surface area contributed by atoms with Gasteiger partial charge >= 0.3 is 0 Å². The van der Waals surface area contributed by atoms with Gasteiger partial charge in [0.05, 0.1) is 10.6 Å². The number of carbonyl (C=O) groups excluding carboxylic acids is 3. The third kappa shape index (κ3) is 4.66. The number of carbonyl (C=O) groups is 3. The standard InChI is InChI=1S/C13H14N4O6/c1-6(18)12(7(2)19)16-15-11-5-9(17(22)23)4-10(13(11)21)14-8(3)20/h4-5,12,21H,1-3H3,(H,14,20). The second-order valence-corrected chi connectivity index (χ2v) is 4.64. The highest BCUT2D eigenvalue weighted by Gasteiger charge is 2.20. The quantitative estimate of drug-likeness (QED) is 0.268. The Balaban J connectivity index is 3.36. The third-order valence-electron chi connectivity index (χ3n) is 2.65. The van der Waals surface area contributed by atoms with Crippen LogP contribution in [0.5, 0.6) is 5.75 Å². The molecule has 122 valence electrons. The number of nitrogens with one attached hydrogen (secondary N) is 1. The van der Waals surface area contributed by atoms with Crippen molar-refractivity contribution in [3.05, 3.63) is 22.2 Å². The second kappa shape index (κ2) is 7.20. The number of nitro groups is 1. The molecule has 0 aliphatic rings. The summed E-state index contributed by atoms with van der Waals surface area (Å²) in [6, 6.07) is 0.489. The van der Waals surface area contributed by atoms with Gasteiger partial charge in [0, 0.05) is 19.1 Å². The van der Waals surface area contributed by atoms with Gasteiger partial charge in [-0.05, 0) is 13.8 Å². The Morgan fingerprint density at radius 3 is 2.22 bits per heavy atom. The number of Topliss-reactive ketones (excluding diaryl/α,β-unsaturated/α-hetero) is 2. The van der Waals surface area contributed by atoms with E-state index in [0.717, 1.165) is 32.9 Å². The molecule has 0 unspecified atom stereocenters. The molecule has 0 atom stereocenters. The predicted octanol–water partition coefficient (Wildman–Crippen LogP) is 1.89. The molecule has 0 aliphatic carbocycles. The van der Waals surface area contributed by atoms with Crippen LogP contribution in [-0.4, -0.2) is 33.5 Å². The van der Waals surface area contributed by atoms with Crippen LogP contribution in [0.15, 0.2) is 22.4 Å². The maximum Gasteiger partial charge on any atom is 0.274 e. The van der Waals surface area contributed by atoms with Crippen LogP contribution in [0, 0.1) is 10.1 Å². The first-order valence-corrected chi connectivity index (χ1v) is 6.34. The molecular weight excluding hydrogens is 308 g/mol. The van der Waals surface area contributed by atoms with Crippen molar-refractivity contribution < 1.29 is 24.4 Å². The molecule has 2 N–H and O–H groups in total. The SMILES string of the molecule is CC(=O)Nc1cc([N+](=O)[O-])cc(N=NC(C(C)=O)C(C)=O)c1O. The fraction of sp³-hybridized carbons (Fsp3) is 0.308. The summed E-state index contributed by atoms with van der Waals surface area (Å²) in [6.45, 7) is 3.43. The summed E-state index contributed by atoms with van der Waals surface area (Å²) in [5.41, 5.74) is -1.04.